The Bertz CT molecular complexity index is 865. The van der Waals surface area contributed by atoms with Gasteiger partial charge in [0.25, 0.3) is 0 Å². The van der Waals surface area contributed by atoms with Gasteiger partial charge in [-0.1, -0.05) is 23.4 Å². The van der Waals surface area contributed by atoms with E-state index in [2.05, 4.69) is 32.2 Å². The number of allylic oxidation sites excluding steroid dienone is 1. The SMILES string of the molecule is COc1ccc(-n2nnnc2SCC(=O)NC(=O)NCCC2=CCCCC2)cc1. The van der Waals surface area contributed by atoms with Gasteiger partial charge in [0.15, 0.2) is 0 Å². The number of tetrazole rings is 1. The van der Waals surface area contributed by atoms with Crippen LogP contribution in [0.2, 0.25) is 0 Å². The van der Waals surface area contributed by atoms with E-state index in [9.17, 15) is 9.59 Å². The number of ether oxygens (including phenoxy) is 1. The molecular weight excluding hydrogens is 392 g/mol. The lowest BCUT2D eigenvalue weighted by molar-refractivity contribution is -0.117. The fraction of sp³-hybridized carbons (Fsp3) is 0.421. The normalized spacial score (nSPS) is 13.5. The van der Waals surface area contributed by atoms with Crippen LogP contribution in [0.15, 0.2) is 41.1 Å². The predicted octanol–water partition coefficient (Wildman–Crippen LogP) is 2.48. The Hall–Kier alpha value is -2.88. The Morgan fingerprint density at radius 3 is 2.79 bits per heavy atom. The summed E-state index contributed by atoms with van der Waals surface area (Å²) in [5, 5.41) is 17.0. The molecule has 154 valence electrons. The van der Waals surface area contributed by atoms with E-state index >= 15 is 0 Å². The maximum atomic E-state index is 12.0. The highest BCUT2D eigenvalue weighted by Crippen LogP contribution is 2.20. The molecule has 0 radical (unpaired) electrons. The van der Waals surface area contributed by atoms with Crippen LogP contribution in [0.4, 0.5) is 4.79 Å². The molecule has 3 rings (SSSR count). The predicted molar refractivity (Wildman–Crippen MR) is 109 cm³/mol. The fourth-order valence-electron chi connectivity index (χ4n) is 2.96. The van der Waals surface area contributed by atoms with Crippen LogP contribution in [0.3, 0.4) is 0 Å². The topological polar surface area (TPSA) is 111 Å². The Morgan fingerprint density at radius 1 is 1.24 bits per heavy atom. The van der Waals surface area contributed by atoms with Gasteiger partial charge in [0.2, 0.25) is 11.1 Å². The van der Waals surface area contributed by atoms with Crippen LogP contribution in [0.25, 0.3) is 5.69 Å². The number of urea groups is 1. The van der Waals surface area contributed by atoms with E-state index in [0.717, 1.165) is 42.5 Å². The molecule has 0 saturated heterocycles. The number of carbonyl (C=O) groups excluding carboxylic acids is 2. The van der Waals surface area contributed by atoms with Crippen LogP contribution in [0, 0.1) is 0 Å². The van der Waals surface area contributed by atoms with Gasteiger partial charge in [0.05, 0.1) is 18.6 Å². The molecule has 0 aliphatic heterocycles. The number of nitrogens with zero attached hydrogens (tertiary/aromatic N) is 4. The molecule has 0 spiro atoms. The van der Waals surface area contributed by atoms with Gasteiger partial charge in [-0.05, 0) is 66.8 Å². The quantitative estimate of drug-likeness (QED) is 0.502. The van der Waals surface area contributed by atoms with Crippen molar-refractivity contribution in [2.75, 3.05) is 19.4 Å². The van der Waals surface area contributed by atoms with Gasteiger partial charge in [0, 0.05) is 6.54 Å². The lowest BCUT2D eigenvalue weighted by Gasteiger charge is -2.13. The molecule has 1 aromatic carbocycles. The first kappa shape index (κ1) is 20.8. The minimum Gasteiger partial charge on any atom is -0.497 e. The highest BCUT2D eigenvalue weighted by atomic mass is 32.2. The number of hydrogen-bond acceptors (Lipinski definition) is 7. The number of carbonyl (C=O) groups is 2. The van der Waals surface area contributed by atoms with Crippen molar-refractivity contribution in [2.24, 2.45) is 0 Å². The van der Waals surface area contributed by atoms with Gasteiger partial charge in [-0.25, -0.2) is 4.79 Å². The summed E-state index contributed by atoms with van der Waals surface area (Å²) in [6.45, 7) is 0.522. The number of methoxy groups -OCH3 is 1. The molecule has 9 nitrogen and oxygen atoms in total. The van der Waals surface area contributed by atoms with Gasteiger partial charge < -0.3 is 10.1 Å². The Kier molecular flexibility index (Phi) is 7.62. The first-order valence-corrected chi connectivity index (χ1v) is 10.5. The molecule has 1 aliphatic carbocycles. The summed E-state index contributed by atoms with van der Waals surface area (Å²) >= 11 is 1.15. The Balaban J connectivity index is 1.43. The number of rotatable bonds is 8. The largest absolute Gasteiger partial charge is 0.497 e. The molecular formula is C19H24N6O3S. The molecule has 0 atom stereocenters. The van der Waals surface area contributed by atoms with Crippen molar-refractivity contribution in [1.29, 1.82) is 0 Å². The van der Waals surface area contributed by atoms with Crippen LogP contribution in [0.1, 0.15) is 32.1 Å². The second-order valence-electron chi connectivity index (χ2n) is 6.52. The monoisotopic (exact) mass is 416 g/mol. The van der Waals surface area contributed by atoms with E-state index in [1.807, 2.05) is 12.1 Å². The Morgan fingerprint density at radius 2 is 2.07 bits per heavy atom. The molecule has 0 saturated carbocycles. The minimum atomic E-state index is -0.484. The maximum absolute atomic E-state index is 12.0. The molecule has 3 amide bonds. The summed E-state index contributed by atoms with van der Waals surface area (Å²) in [6, 6.07) is 6.74. The lowest BCUT2D eigenvalue weighted by atomic mass is 9.97. The average Bonchev–Trinajstić information content (AvgIpc) is 3.22. The highest BCUT2D eigenvalue weighted by molar-refractivity contribution is 7.99. The molecule has 2 N–H and O–H groups in total. The van der Waals surface area contributed by atoms with E-state index in [1.54, 1.807) is 19.2 Å². The van der Waals surface area contributed by atoms with E-state index in [1.165, 1.54) is 23.1 Å². The number of nitrogens with one attached hydrogen (secondary N) is 2. The number of amides is 3. The first-order valence-electron chi connectivity index (χ1n) is 9.47. The third-order valence-electron chi connectivity index (χ3n) is 4.46. The summed E-state index contributed by atoms with van der Waals surface area (Å²) in [5.41, 5.74) is 2.12. The van der Waals surface area contributed by atoms with Crippen LogP contribution < -0.4 is 15.4 Å². The summed E-state index contributed by atoms with van der Waals surface area (Å²) < 4.78 is 6.66. The average molecular weight is 417 g/mol. The standard InChI is InChI=1S/C19H24N6O3S/c1-28-16-9-7-15(8-10-16)25-19(22-23-24-25)29-13-17(26)21-18(27)20-12-11-14-5-3-2-4-6-14/h5,7-10H,2-4,6,11-13H2,1H3,(H2,20,21,26,27). The van der Waals surface area contributed by atoms with Gasteiger partial charge in [-0.15, -0.1) is 5.10 Å². The number of benzene rings is 1. The third kappa shape index (κ3) is 6.31. The second-order valence-corrected chi connectivity index (χ2v) is 7.46. The molecule has 0 unspecified atom stereocenters. The van der Waals surface area contributed by atoms with Crippen molar-refractivity contribution < 1.29 is 14.3 Å². The van der Waals surface area contributed by atoms with E-state index in [4.69, 9.17) is 4.74 Å². The molecule has 0 fully saturated rings. The molecule has 1 heterocycles. The zero-order valence-corrected chi connectivity index (χ0v) is 17.1. The molecule has 29 heavy (non-hydrogen) atoms. The molecule has 10 heteroatoms. The van der Waals surface area contributed by atoms with Crippen LogP contribution >= 0.6 is 11.8 Å². The van der Waals surface area contributed by atoms with Crippen molar-refractivity contribution in [1.82, 2.24) is 30.8 Å². The number of imide groups is 1. The lowest BCUT2D eigenvalue weighted by Crippen LogP contribution is -2.40. The third-order valence-corrected chi connectivity index (χ3v) is 5.38. The number of thioether (sulfide) groups is 1. The zero-order chi connectivity index (χ0) is 20.5. The second kappa shape index (κ2) is 10.6. The van der Waals surface area contributed by atoms with Gasteiger partial charge in [-0.2, -0.15) is 4.68 Å². The summed E-state index contributed by atoms with van der Waals surface area (Å²) in [5.74, 6) is 0.338. The first-order chi connectivity index (χ1) is 14.2. The molecule has 0 bridgehead atoms. The van der Waals surface area contributed by atoms with Crippen molar-refractivity contribution in [3.8, 4) is 11.4 Å². The van der Waals surface area contributed by atoms with Gasteiger partial charge in [0.1, 0.15) is 5.75 Å². The van der Waals surface area contributed by atoms with Crippen LogP contribution in [-0.2, 0) is 4.79 Å². The summed E-state index contributed by atoms with van der Waals surface area (Å²) in [7, 11) is 1.59. The highest BCUT2D eigenvalue weighted by Gasteiger charge is 2.13. The number of hydrogen-bond donors (Lipinski definition) is 2. The van der Waals surface area contributed by atoms with E-state index in [-0.39, 0.29) is 5.75 Å². The zero-order valence-electron chi connectivity index (χ0n) is 16.3. The van der Waals surface area contributed by atoms with Crippen molar-refractivity contribution in [3.05, 3.63) is 35.9 Å². The van der Waals surface area contributed by atoms with E-state index < -0.39 is 11.9 Å². The summed E-state index contributed by atoms with van der Waals surface area (Å²) in [4.78, 5) is 23.9. The molecule has 2 aromatic rings. The van der Waals surface area contributed by atoms with Crippen LogP contribution in [0.5, 0.6) is 5.75 Å². The fourth-order valence-corrected chi connectivity index (χ4v) is 3.65. The Labute approximate surface area is 173 Å². The summed E-state index contributed by atoms with van der Waals surface area (Å²) in [6.07, 6.45) is 7.75. The maximum Gasteiger partial charge on any atom is 0.321 e. The smallest absolute Gasteiger partial charge is 0.321 e. The molecule has 1 aliphatic rings. The molecule has 1 aromatic heterocycles. The van der Waals surface area contributed by atoms with Crippen molar-refractivity contribution in [3.63, 3.8) is 0 Å². The minimum absolute atomic E-state index is 0.0229. The van der Waals surface area contributed by atoms with Gasteiger partial charge in [-0.3, -0.25) is 10.1 Å². The van der Waals surface area contributed by atoms with Crippen molar-refractivity contribution in [2.45, 2.75) is 37.3 Å². The van der Waals surface area contributed by atoms with E-state index in [0.29, 0.717) is 11.7 Å². The van der Waals surface area contributed by atoms with Gasteiger partial charge >= 0.3 is 6.03 Å². The van der Waals surface area contributed by atoms with Crippen LogP contribution in [-0.4, -0.2) is 51.6 Å². The number of aromatic nitrogens is 4. The van der Waals surface area contributed by atoms with Crippen molar-refractivity contribution >= 4 is 23.7 Å².